The molecule has 4 heterocycles. The second-order valence-corrected chi connectivity index (χ2v) is 19.1. The van der Waals surface area contributed by atoms with Gasteiger partial charge in [0.25, 0.3) is 29.5 Å². The minimum absolute atomic E-state index is 0.0898. The van der Waals surface area contributed by atoms with E-state index in [0.717, 1.165) is 43.3 Å². The number of halogens is 10. The van der Waals surface area contributed by atoms with Crippen molar-refractivity contribution in [3.8, 4) is 6.07 Å². The van der Waals surface area contributed by atoms with E-state index >= 15 is 0 Å². The summed E-state index contributed by atoms with van der Waals surface area (Å²) in [6.45, 7) is 7.88. The predicted molar refractivity (Wildman–Crippen MR) is 309 cm³/mol. The number of hydrogen-bond acceptors (Lipinski definition) is 15. The molecule has 0 bridgehead atoms. The van der Waals surface area contributed by atoms with Gasteiger partial charge in [0, 0.05) is 45.3 Å². The summed E-state index contributed by atoms with van der Waals surface area (Å²) in [6, 6.07) is 32.7. The number of aromatic nitrogens is 4. The number of amides is 5. The van der Waals surface area contributed by atoms with E-state index in [1.165, 1.54) is 24.4 Å². The van der Waals surface area contributed by atoms with E-state index in [9.17, 15) is 50.3 Å². The number of benzene rings is 5. The Balaban J connectivity index is 0.000000199. The van der Waals surface area contributed by atoms with E-state index in [1.54, 1.807) is 113 Å². The van der Waals surface area contributed by atoms with Crippen molar-refractivity contribution in [2.45, 2.75) is 47.0 Å². The van der Waals surface area contributed by atoms with Crippen molar-refractivity contribution in [2.75, 3.05) is 26.6 Å². The van der Waals surface area contributed by atoms with Crippen molar-refractivity contribution in [1.29, 1.82) is 5.26 Å². The first-order valence-electron chi connectivity index (χ1n) is 24.4. The minimum atomic E-state index is -4.46. The first-order chi connectivity index (χ1) is 41.0. The number of aliphatic hydroxyl groups is 1. The number of allylic oxidation sites excluding steroid dienone is 1. The number of nitrogens with zero attached hydrogens (tertiary/aromatic N) is 5. The molecule has 5 aromatic carbocycles. The summed E-state index contributed by atoms with van der Waals surface area (Å²) in [6.07, 6.45) is -7.61. The fourth-order valence-electron chi connectivity index (χ4n) is 6.36. The van der Waals surface area contributed by atoms with Gasteiger partial charge in [-0.25, -0.2) is 0 Å². The van der Waals surface area contributed by atoms with Crippen LogP contribution in [0.4, 0.5) is 54.8 Å². The van der Waals surface area contributed by atoms with Crippen LogP contribution in [0.3, 0.4) is 0 Å². The summed E-state index contributed by atoms with van der Waals surface area (Å²) in [7, 11) is 0. The highest BCUT2D eigenvalue weighted by Crippen LogP contribution is 2.32. The van der Waals surface area contributed by atoms with Crippen LogP contribution < -0.4 is 26.6 Å². The zero-order valence-corrected chi connectivity index (χ0v) is 48.4. The van der Waals surface area contributed by atoms with Crippen LogP contribution in [-0.2, 0) is 17.1 Å². The van der Waals surface area contributed by atoms with Gasteiger partial charge in [0.1, 0.15) is 40.4 Å². The Hall–Kier alpha value is -9.94. The molecule has 0 aliphatic rings. The van der Waals surface area contributed by atoms with E-state index in [0.29, 0.717) is 60.2 Å². The van der Waals surface area contributed by atoms with E-state index < -0.39 is 46.6 Å². The van der Waals surface area contributed by atoms with Gasteiger partial charge in [-0.3, -0.25) is 24.0 Å². The molecule has 0 saturated carbocycles. The van der Waals surface area contributed by atoms with Crippen LogP contribution in [0, 0.1) is 39.0 Å². The van der Waals surface area contributed by atoms with Gasteiger partial charge in [0.2, 0.25) is 0 Å². The average Bonchev–Trinajstić information content (AvgIpc) is 4.54. The molecular weight excluding hydrogens is 1240 g/mol. The molecule has 5 amide bonds. The maximum Gasteiger partial charge on any atom is 0.416 e. The van der Waals surface area contributed by atoms with Crippen LogP contribution in [0.2, 0.25) is 20.1 Å². The van der Waals surface area contributed by atoms with Crippen LogP contribution in [-0.4, -0.2) is 55.3 Å². The summed E-state index contributed by atoms with van der Waals surface area (Å²) in [5.41, 5.74) is 0.849. The van der Waals surface area contributed by atoms with Gasteiger partial charge in [-0.1, -0.05) is 79.2 Å². The summed E-state index contributed by atoms with van der Waals surface area (Å²) in [5, 5.41) is 46.5. The molecule has 20 nitrogen and oxygen atoms in total. The lowest BCUT2D eigenvalue weighted by Crippen LogP contribution is -2.15. The van der Waals surface area contributed by atoms with Gasteiger partial charge >= 0.3 is 12.4 Å². The number of anilines is 5. The number of nitriles is 1. The van der Waals surface area contributed by atoms with Crippen LogP contribution in [0.5, 0.6) is 0 Å². The van der Waals surface area contributed by atoms with E-state index in [4.69, 9.17) is 74.9 Å². The maximum absolute atomic E-state index is 12.4. The first-order valence-corrected chi connectivity index (χ1v) is 25.9. The lowest BCUT2D eigenvalue weighted by Gasteiger charge is -2.08. The lowest BCUT2D eigenvalue weighted by atomic mass is 10.2. The first kappa shape index (κ1) is 67.8. The summed E-state index contributed by atoms with van der Waals surface area (Å²) in [5.74, 6) is -0.782. The number of aryl methyl sites for hydroxylation is 4. The van der Waals surface area contributed by atoms with E-state index in [1.807, 2.05) is 0 Å². The van der Waals surface area contributed by atoms with Crippen molar-refractivity contribution < 1.29 is 73.5 Å². The van der Waals surface area contributed by atoms with Crippen LogP contribution in [0.1, 0.15) is 82.9 Å². The van der Waals surface area contributed by atoms with Crippen molar-refractivity contribution in [3.63, 3.8) is 0 Å². The highest BCUT2D eigenvalue weighted by Gasteiger charge is 2.31. The van der Waals surface area contributed by atoms with Gasteiger partial charge in [0.15, 0.2) is 22.7 Å². The van der Waals surface area contributed by atoms with E-state index in [-0.39, 0.29) is 51.7 Å². The fraction of sp³-hybridized carbons (Fsp3) is 0.123. The van der Waals surface area contributed by atoms with Gasteiger partial charge in [-0.2, -0.15) is 31.6 Å². The zero-order valence-electron chi connectivity index (χ0n) is 45.4. The molecule has 0 radical (unpaired) electrons. The topological polar surface area (TPSA) is 294 Å². The Bertz CT molecular complexity index is 3910. The third-order valence-corrected chi connectivity index (χ3v) is 11.8. The number of carbonyl (C=O) groups is 5. The lowest BCUT2D eigenvalue weighted by molar-refractivity contribution is -0.138. The molecule has 87 heavy (non-hydrogen) atoms. The maximum atomic E-state index is 12.4. The van der Waals surface area contributed by atoms with Gasteiger partial charge in [-0.15, -0.1) is 0 Å². The average molecular weight is 1280 g/mol. The summed E-state index contributed by atoms with van der Waals surface area (Å²) < 4.78 is 93.1. The third kappa shape index (κ3) is 21.6. The molecule has 0 saturated heterocycles. The van der Waals surface area contributed by atoms with Crippen LogP contribution >= 0.6 is 46.4 Å². The molecule has 0 aliphatic heterocycles. The molecule has 0 aliphatic carbocycles. The van der Waals surface area contributed by atoms with Crippen molar-refractivity contribution in [1.82, 2.24) is 20.6 Å². The van der Waals surface area contributed by atoms with Crippen LogP contribution in [0.15, 0.2) is 169 Å². The highest BCUT2D eigenvalue weighted by atomic mass is 35.5. The molecule has 9 aromatic rings. The smallest absolute Gasteiger partial charge is 0.416 e. The normalized spacial score (nSPS) is 10.9. The number of rotatable bonds is 10. The predicted octanol–water partition coefficient (Wildman–Crippen LogP) is 15.6. The number of nitrogens with one attached hydrogen (secondary N) is 5. The number of aliphatic hydroxyl groups excluding tert-OH is 1. The van der Waals surface area contributed by atoms with Crippen molar-refractivity contribution in [2.24, 2.45) is 0 Å². The Morgan fingerprint density at radius 1 is 0.506 bits per heavy atom. The number of carbonyl (C=O) groups excluding carboxylic acids is 5. The molecule has 30 heteroatoms. The quantitative estimate of drug-likeness (QED) is 0.0321. The Morgan fingerprint density at radius 3 is 1.29 bits per heavy atom. The largest absolute Gasteiger partial charge is 0.511 e. The monoisotopic (exact) mass is 1280 g/mol. The van der Waals surface area contributed by atoms with Crippen molar-refractivity contribution >= 4 is 104 Å². The number of alkyl halides is 6. The molecule has 6 N–H and O–H groups in total. The molecule has 0 atom stereocenters. The van der Waals surface area contributed by atoms with Crippen molar-refractivity contribution in [3.05, 3.63) is 228 Å². The van der Waals surface area contributed by atoms with Crippen LogP contribution in [0.25, 0.3) is 0 Å². The molecule has 9 rings (SSSR count). The minimum Gasteiger partial charge on any atom is -0.511 e. The SMILES string of the molecule is C/C(O)=C(/C#N)C(=O)Nc1ccc(C(F)(F)F)cc1.Cc1cc(C(=O)Nc2ccc(Cl)cc2)no1.Cc1cc(C(=O)Nc2ccc(Cl)cc2Cl)no1.Cc1cc(C(=O)Nc2ccccc2Cl)no1.Cc1oncc1C(=O)Nc1ccc(C(F)(F)F)cc1. The second-order valence-electron chi connectivity index (χ2n) is 17.4. The second kappa shape index (κ2) is 31.3. The molecule has 452 valence electrons. The Morgan fingerprint density at radius 2 is 0.908 bits per heavy atom. The van der Waals surface area contributed by atoms with E-state index in [2.05, 4.69) is 47.2 Å². The fourth-order valence-corrected chi connectivity index (χ4v) is 7.13. The third-order valence-electron chi connectivity index (χ3n) is 10.6. The summed E-state index contributed by atoms with van der Waals surface area (Å²) >= 11 is 23.3. The molecule has 0 fully saturated rings. The summed E-state index contributed by atoms with van der Waals surface area (Å²) in [4.78, 5) is 58.3. The number of para-hydroxylation sites is 1. The number of hydrogen-bond donors (Lipinski definition) is 6. The highest BCUT2D eigenvalue weighted by molar-refractivity contribution is 6.37. The molecular formula is C57H44Cl4F6N10O10. The molecule has 0 unspecified atom stereocenters. The Kier molecular flexibility index (Phi) is 24.4. The Labute approximate surface area is 509 Å². The molecule has 0 spiro atoms. The van der Waals surface area contributed by atoms with Gasteiger partial charge < -0.3 is 49.8 Å². The standard InChI is InChI=1S/2C12H9F3N2O2.C11H8Cl2N2O2.2C11H9ClN2O2/c1-7-10(6-16-19-7)11(18)17-9-4-2-8(3-5-9)12(13,14)15;1-7(18)10(6-16)11(19)17-9-4-2-8(3-5-9)12(13,14)15;1-6-4-10(15-17-6)11(16)14-9-3-2-7(12)5-8(9)13;1-7-6-10(14-16-7)11(15)13-9-4-2-8(12)3-5-9;1-7-6-10(14-16-7)11(15)13-9-5-3-2-4-8(9)12/h2-6H,1H3,(H,17,18);2-5,18H,1H3,(H,17,19);2-5H,1H3,(H,14,16);2*2-6H,1H3,(H,13,15)/b;10-7+;;;. The van der Waals surface area contributed by atoms with Gasteiger partial charge in [0.05, 0.1) is 38.7 Å². The zero-order chi connectivity index (χ0) is 64.2. The van der Waals surface area contributed by atoms with Gasteiger partial charge in [-0.05, 0) is 138 Å². The molecule has 4 aromatic heterocycles.